The summed E-state index contributed by atoms with van der Waals surface area (Å²) < 4.78 is 47.0. The van der Waals surface area contributed by atoms with E-state index in [0.29, 0.717) is 40.2 Å². The lowest BCUT2D eigenvalue weighted by atomic mass is 10.0. The van der Waals surface area contributed by atoms with E-state index < -0.39 is 0 Å². The summed E-state index contributed by atoms with van der Waals surface area (Å²) in [5.41, 5.74) is 6.77. The fourth-order valence-electron chi connectivity index (χ4n) is 6.56. The smallest absolute Gasteiger partial charge is 0.204 e. The second kappa shape index (κ2) is 19.4. The molecule has 0 fully saturated rings. The summed E-state index contributed by atoms with van der Waals surface area (Å²) in [5.74, 6) is 6.70. The first-order chi connectivity index (χ1) is 27.4. The van der Waals surface area contributed by atoms with E-state index >= 15 is 0 Å². The molecule has 8 heteroatoms. The molecule has 290 valence electrons. The van der Waals surface area contributed by atoms with Crippen molar-refractivity contribution in [1.29, 1.82) is 0 Å². The molecule has 0 unspecified atom stereocenters. The molecular formula is C48H50O8. The van der Waals surface area contributed by atoms with E-state index in [1.165, 1.54) is 11.1 Å². The van der Waals surface area contributed by atoms with Crippen LogP contribution in [0.5, 0.6) is 57.5 Å². The molecule has 6 rings (SSSR count). The fourth-order valence-corrected chi connectivity index (χ4v) is 6.56. The molecule has 8 nitrogen and oxygen atoms in total. The third-order valence-corrected chi connectivity index (χ3v) is 9.65. The Labute approximate surface area is 330 Å². The van der Waals surface area contributed by atoms with Gasteiger partial charge in [-0.25, -0.2) is 0 Å². The summed E-state index contributed by atoms with van der Waals surface area (Å²) in [6, 6.07) is 40.4. The minimum Gasteiger partial charge on any atom is -0.497 e. The van der Waals surface area contributed by atoms with Crippen LogP contribution in [0.4, 0.5) is 0 Å². The average molecular weight is 755 g/mol. The number of hydrogen-bond donors (Lipinski definition) is 0. The molecule has 6 aromatic carbocycles. The summed E-state index contributed by atoms with van der Waals surface area (Å²) in [6.07, 6.45) is 4.79. The molecule has 0 saturated heterocycles. The van der Waals surface area contributed by atoms with Crippen LogP contribution in [-0.2, 0) is 38.5 Å². The molecule has 56 heavy (non-hydrogen) atoms. The summed E-state index contributed by atoms with van der Waals surface area (Å²) in [7, 11) is 9.99. The second-order valence-electron chi connectivity index (χ2n) is 13.4. The molecule has 0 heterocycles. The van der Waals surface area contributed by atoms with Gasteiger partial charge >= 0.3 is 0 Å². The van der Waals surface area contributed by atoms with Gasteiger partial charge in [-0.3, -0.25) is 0 Å². The first-order valence-electron chi connectivity index (χ1n) is 18.7. The first kappa shape index (κ1) is 39.4. The van der Waals surface area contributed by atoms with Gasteiger partial charge < -0.3 is 37.9 Å². The van der Waals surface area contributed by atoms with Gasteiger partial charge in [0, 0.05) is 12.1 Å². The van der Waals surface area contributed by atoms with E-state index in [1.54, 1.807) is 42.7 Å². The van der Waals surface area contributed by atoms with E-state index in [-0.39, 0.29) is 0 Å². The Morgan fingerprint density at radius 1 is 0.286 bits per heavy atom. The number of benzene rings is 6. The molecule has 0 bridgehead atoms. The zero-order chi connectivity index (χ0) is 39.3. The van der Waals surface area contributed by atoms with Gasteiger partial charge in [-0.1, -0.05) is 36.4 Å². The number of rotatable bonds is 19. The minimum absolute atomic E-state index is 0.473. The molecule has 0 atom stereocenters. The maximum Gasteiger partial charge on any atom is 0.204 e. The van der Waals surface area contributed by atoms with Gasteiger partial charge in [0.2, 0.25) is 5.75 Å². The quantitative estimate of drug-likeness (QED) is 0.0809. The third-order valence-electron chi connectivity index (χ3n) is 9.65. The van der Waals surface area contributed by atoms with E-state index in [1.807, 2.05) is 84.9 Å². The Kier molecular flexibility index (Phi) is 13.6. The molecule has 0 spiro atoms. The SMILES string of the molecule is COc1ccc(CCc2cc(OC)cc(Oc3cc(CCc4cccc(OC)c4)cc(Oc4cc(CCc5ccc(OC)cc5)cc(OC)c4)c3OC)c2)cc1. The van der Waals surface area contributed by atoms with Crippen LogP contribution in [-0.4, -0.2) is 42.7 Å². The van der Waals surface area contributed by atoms with Gasteiger partial charge in [-0.05, 0) is 145 Å². The summed E-state index contributed by atoms with van der Waals surface area (Å²) in [4.78, 5) is 0. The van der Waals surface area contributed by atoms with Crippen LogP contribution in [0.15, 0.2) is 121 Å². The Hall–Kier alpha value is -6.28. The van der Waals surface area contributed by atoms with E-state index in [4.69, 9.17) is 37.9 Å². The molecule has 6 aromatic rings. The Balaban J connectivity index is 1.30. The molecule has 0 radical (unpaired) electrons. The average Bonchev–Trinajstić information content (AvgIpc) is 3.24. The Bertz CT molecular complexity index is 2050. The molecule has 0 N–H and O–H groups in total. The van der Waals surface area contributed by atoms with Gasteiger partial charge in [0.05, 0.1) is 42.7 Å². The zero-order valence-electron chi connectivity index (χ0n) is 33.1. The second-order valence-corrected chi connectivity index (χ2v) is 13.4. The van der Waals surface area contributed by atoms with Crippen molar-refractivity contribution in [2.75, 3.05) is 42.7 Å². The van der Waals surface area contributed by atoms with E-state index in [0.717, 1.165) is 78.0 Å². The van der Waals surface area contributed by atoms with Crippen molar-refractivity contribution in [3.63, 3.8) is 0 Å². The molecule has 0 aliphatic rings. The molecule has 0 amide bonds. The minimum atomic E-state index is 0.473. The monoisotopic (exact) mass is 754 g/mol. The highest BCUT2D eigenvalue weighted by atomic mass is 16.5. The lowest BCUT2D eigenvalue weighted by Gasteiger charge is -2.18. The molecule has 0 aliphatic heterocycles. The van der Waals surface area contributed by atoms with Crippen LogP contribution in [0.1, 0.15) is 33.4 Å². The van der Waals surface area contributed by atoms with E-state index in [9.17, 15) is 0 Å². The van der Waals surface area contributed by atoms with Crippen molar-refractivity contribution < 1.29 is 37.9 Å². The Morgan fingerprint density at radius 2 is 0.661 bits per heavy atom. The highest BCUT2D eigenvalue weighted by molar-refractivity contribution is 5.57. The Morgan fingerprint density at radius 3 is 1.09 bits per heavy atom. The highest BCUT2D eigenvalue weighted by Gasteiger charge is 2.18. The van der Waals surface area contributed by atoms with Gasteiger partial charge in [0.15, 0.2) is 11.5 Å². The third kappa shape index (κ3) is 10.7. The normalized spacial score (nSPS) is 10.8. The van der Waals surface area contributed by atoms with E-state index in [2.05, 4.69) is 36.4 Å². The summed E-state index contributed by atoms with van der Waals surface area (Å²) in [5, 5.41) is 0. The highest BCUT2D eigenvalue weighted by Crippen LogP contribution is 2.44. The first-order valence-corrected chi connectivity index (χ1v) is 18.7. The van der Waals surface area contributed by atoms with Crippen LogP contribution in [0.3, 0.4) is 0 Å². The molecule has 0 aromatic heterocycles. The predicted molar refractivity (Wildman–Crippen MR) is 220 cm³/mol. The number of methoxy groups -OCH3 is 6. The summed E-state index contributed by atoms with van der Waals surface area (Å²) >= 11 is 0. The van der Waals surface area contributed by atoms with Gasteiger partial charge in [0.25, 0.3) is 0 Å². The van der Waals surface area contributed by atoms with Crippen molar-refractivity contribution in [2.45, 2.75) is 38.5 Å². The fraction of sp³-hybridized carbons (Fsp3) is 0.250. The van der Waals surface area contributed by atoms with Crippen LogP contribution < -0.4 is 37.9 Å². The van der Waals surface area contributed by atoms with Crippen LogP contribution >= 0.6 is 0 Å². The number of ether oxygens (including phenoxy) is 8. The largest absolute Gasteiger partial charge is 0.497 e. The van der Waals surface area contributed by atoms with Crippen molar-refractivity contribution in [3.8, 4) is 57.5 Å². The standard InChI is InChI=1S/C48H50O8/c1-49-39-20-16-33(17-21-39)10-13-36-25-42(52-4)31-44(27-36)55-46-29-38(15-12-35-8-7-9-41(24-35)51-3)30-47(48(46)54-6)56-45-28-37(26-43(32-45)53-5)14-11-34-18-22-40(50-2)23-19-34/h7-9,16-32H,10-15H2,1-6H3. The van der Waals surface area contributed by atoms with Crippen molar-refractivity contribution >= 4 is 0 Å². The topological polar surface area (TPSA) is 73.8 Å². The number of aryl methyl sites for hydroxylation is 6. The van der Waals surface area contributed by atoms with Crippen LogP contribution in [0, 0.1) is 0 Å². The van der Waals surface area contributed by atoms with Crippen molar-refractivity contribution in [2.24, 2.45) is 0 Å². The lowest BCUT2D eigenvalue weighted by molar-refractivity contribution is 0.350. The summed E-state index contributed by atoms with van der Waals surface area (Å²) in [6.45, 7) is 0. The van der Waals surface area contributed by atoms with Crippen molar-refractivity contribution in [1.82, 2.24) is 0 Å². The van der Waals surface area contributed by atoms with Gasteiger partial charge in [-0.2, -0.15) is 0 Å². The van der Waals surface area contributed by atoms with Crippen molar-refractivity contribution in [3.05, 3.63) is 155 Å². The van der Waals surface area contributed by atoms with Gasteiger partial charge in [-0.15, -0.1) is 0 Å². The predicted octanol–water partition coefficient (Wildman–Crippen LogP) is 10.7. The maximum absolute atomic E-state index is 6.69. The molecule has 0 saturated carbocycles. The van der Waals surface area contributed by atoms with Crippen LogP contribution in [0.2, 0.25) is 0 Å². The zero-order valence-corrected chi connectivity index (χ0v) is 33.1. The molecule has 0 aliphatic carbocycles. The molecular weight excluding hydrogens is 705 g/mol. The van der Waals surface area contributed by atoms with Crippen LogP contribution in [0.25, 0.3) is 0 Å². The van der Waals surface area contributed by atoms with Gasteiger partial charge in [0.1, 0.15) is 40.2 Å². The number of hydrogen-bond acceptors (Lipinski definition) is 8. The maximum atomic E-state index is 6.69. The lowest BCUT2D eigenvalue weighted by Crippen LogP contribution is -2.00.